The average molecular weight is 785 g/mol. The number of methoxy groups -OCH3 is 1. The molecule has 8 heterocycles. The van der Waals surface area contributed by atoms with Crippen LogP contribution in [0.1, 0.15) is 56.0 Å². The predicted octanol–water partition coefficient (Wildman–Crippen LogP) is 3.94. The van der Waals surface area contributed by atoms with Gasteiger partial charge in [0.25, 0.3) is 5.91 Å². The second-order valence-electron chi connectivity index (χ2n) is 16.6. The number of nitrogens with two attached hydrogens (primary N) is 1. The number of aromatic nitrogens is 3. The van der Waals surface area contributed by atoms with Crippen molar-refractivity contribution in [2.45, 2.75) is 77.2 Å². The minimum Gasteiger partial charge on any atom is -0.489 e. The number of esters is 1. The number of hydrogen-bond acceptors (Lipinski definition) is 13. The van der Waals surface area contributed by atoms with Gasteiger partial charge in [-0.1, -0.05) is 13.8 Å². The normalized spacial score (nSPS) is 25.0. The van der Waals surface area contributed by atoms with Crippen LogP contribution in [0.4, 0.5) is 5.69 Å². The van der Waals surface area contributed by atoms with E-state index < -0.39 is 17.5 Å². The Labute approximate surface area is 331 Å². The van der Waals surface area contributed by atoms with E-state index in [1.165, 1.54) is 16.3 Å². The Morgan fingerprint density at radius 2 is 1.96 bits per heavy atom. The van der Waals surface area contributed by atoms with E-state index in [1.54, 1.807) is 7.11 Å². The van der Waals surface area contributed by atoms with Gasteiger partial charge in [-0.05, 0) is 49.9 Å². The number of cyclic esters (lactones) is 1. The lowest BCUT2D eigenvalue weighted by molar-refractivity contribution is -0.154. The quantitative estimate of drug-likeness (QED) is 0.289. The summed E-state index contributed by atoms with van der Waals surface area (Å²) in [6.45, 7) is 13.4. The minimum absolute atomic E-state index is 0.190. The Balaban J connectivity index is 1.20. The van der Waals surface area contributed by atoms with Gasteiger partial charge < -0.3 is 34.1 Å². The number of benzene rings is 1. The monoisotopic (exact) mass is 784 g/mol. The van der Waals surface area contributed by atoms with Crippen LogP contribution in [0.15, 0.2) is 29.8 Å². The van der Waals surface area contributed by atoms with E-state index >= 15 is 0 Å². The molecule has 0 aliphatic carbocycles. The van der Waals surface area contributed by atoms with Crippen molar-refractivity contribution in [3.8, 4) is 28.3 Å². The lowest BCUT2D eigenvalue weighted by Gasteiger charge is -2.44. The summed E-state index contributed by atoms with van der Waals surface area (Å²) in [6.07, 6.45) is 3.86. The molecular weight excluding hydrogens is 733 g/mol. The smallest absolute Gasteiger partial charge is 0.324 e. The Morgan fingerprint density at radius 1 is 1.09 bits per heavy atom. The van der Waals surface area contributed by atoms with Crippen LogP contribution in [0.3, 0.4) is 0 Å². The molecule has 9 rings (SSSR count). The van der Waals surface area contributed by atoms with Crippen LogP contribution in [0, 0.1) is 5.41 Å². The number of fused-ring (bicyclic) bond motifs is 7. The summed E-state index contributed by atoms with van der Waals surface area (Å²) in [5, 5.41) is 5.35. The zero-order valence-electron chi connectivity index (χ0n) is 32.7. The SMILES string of the molecule is CO[C@@H](C)c1ncc(N2CCN3CCOC[C@@H]3C2)cc1-c1c2c3cc(cc4c3n1CCO4)-c1csc(n1)C[C@H](N)C(=O)N1CCC[C@H](N1)C(=O)OCC(C)(C)C2. The number of piperazine rings is 1. The lowest BCUT2D eigenvalue weighted by atomic mass is 9.84. The number of pyridine rings is 1. The number of rotatable bonds is 4. The molecular formula is C41H52N8O6S. The van der Waals surface area contributed by atoms with E-state index in [4.69, 9.17) is 34.6 Å². The molecule has 1 amide bonds. The van der Waals surface area contributed by atoms with Crippen molar-refractivity contribution in [1.29, 1.82) is 0 Å². The Bertz CT molecular complexity index is 2150. The van der Waals surface area contributed by atoms with Crippen LogP contribution in [0.2, 0.25) is 0 Å². The molecule has 3 aromatic heterocycles. The zero-order chi connectivity index (χ0) is 38.7. The molecule has 0 saturated carbocycles. The second-order valence-corrected chi connectivity index (χ2v) is 17.6. The molecule has 14 nitrogen and oxygen atoms in total. The highest BCUT2D eigenvalue weighted by molar-refractivity contribution is 7.10. The number of hydrogen-bond donors (Lipinski definition) is 2. The van der Waals surface area contributed by atoms with E-state index in [0.29, 0.717) is 45.0 Å². The Morgan fingerprint density at radius 3 is 2.82 bits per heavy atom. The first kappa shape index (κ1) is 37.5. The van der Waals surface area contributed by atoms with Gasteiger partial charge in [-0.3, -0.25) is 24.5 Å². The number of nitrogens with zero attached hydrogens (tertiary/aromatic N) is 6. The van der Waals surface area contributed by atoms with E-state index in [1.807, 2.05) is 18.5 Å². The molecule has 298 valence electrons. The van der Waals surface area contributed by atoms with Crippen molar-refractivity contribution in [3.05, 3.63) is 46.0 Å². The first-order valence-corrected chi connectivity index (χ1v) is 20.8. The van der Waals surface area contributed by atoms with Gasteiger partial charge in [0.15, 0.2) is 0 Å². The molecule has 4 aromatic rings. The van der Waals surface area contributed by atoms with Crippen LogP contribution in [-0.2, 0) is 43.2 Å². The number of thiazole rings is 1. The molecule has 0 unspecified atom stereocenters. The minimum atomic E-state index is -0.808. The fourth-order valence-electron chi connectivity index (χ4n) is 9.00. The summed E-state index contributed by atoms with van der Waals surface area (Å²) >= 11 is 1.49. The third-order valence-corrected chi connectivity index (χ3v) is 12.9. The number of hydrazine groups is 1. The maximum absolute atomic E-state index is 13.6. The highest BCUT2D eigenvalue weighted by atomic mass is 32.1. The van der Waals surface area contributed by atoms with Crippen LogP contribution < -0.4 is 20.8 Å². The predicted molar refractivity (Wildman–Crippen MR) is 214 cm³/mol. The lowest BCUT2D eigenvalue weighted by Crippen LogP contribution is -2.59. The fourth-order valence-corrected chi connectivity index (χ4v) is 9.87. The first-order valence-electron chi connectivity index (χ1n) is 19.9. The Kier molecular flexibility index (Phi) is 10.0. The molecule has 56 heavy (non-hydrogen) atoms. The molecule has 3 saturated heterocycles. The average Bonchev–Trinajstić information content (AvgIpc) is 3.81. The van der Waals surface area contributed by atoms with E-state index in [0.717, 1.165) is 101 Å². The van der Waals surface area contributed by atoms with Gasteiger partial charge in [0.2, 0.25) is 0 Å². The van der Waals surface area contributed by atoms with Crippen molar-refractivity contribution in [2.24, 2.45) is 11.1 Å². The summed E-state index contributed by atoms with van der Waals surface area (Å²) < 4.78 is 26.8. The number of anilines is 1. The van der Waals surface area contributed by atoms with Gasteiger partial charge >= 0.3 is 5.97 Å². The summed E-state index contributed by atoms with van der Waals surface area (Å²) in [5.41, 5.74) is 17.1. The molecule has 0 radical (unpaired) electrons. The number of ether oxygens (including phenoxy) is 4. The summed E-state index contributed by atoms with van der Waals surface area (Å²) in [6, 6.07) is 5.50. The highest BCUT2D eigenvalue weighted by Gasteiger charge is 2.36. The number of carbonyl (C=O) groups excluding carboxylic acids is 2. The Hall–Kier alpha value is -4.12. The summed E-state index contributed by atoms with van der Waals surface area (Å²) in [5.74, 6) is 0.163. The van der Waals surface area contributed by atoms with Crippen molar-refractivity contribution >= 4 is 39.8 Å². The molecule has 3 fully saturated rings. The van der Waals surface area contributed by atoms with Crippen LogP contribution >= 0.6 is 11.3 Å². The van der Waals surface area contributed by atoms with Gasteiger partial charge in [0.05, 0.1) is 84.0 Å². The summed E-state index contributed by atoms with van der Waals surface area (Å²) in [4.78, 5) is 42.2. The fraction of sp³-hybridized carbons (Fsp3) is 0.561. The molecule has 0 spiro atoms. The van der Waals surface area contributed by atoms with Gasteiger partial charge in [-0.15, -0.1) is 11.3 Å². The molecule has 1 aromatic carbocycles. The van der Waals surface area contributed by atoms with Crippen LogP contribution in [0.5, 0.6) is 5.75 Å². The van der Waals surface area contributed by atoms with E-state index in [9.17, 15) is 9.59 Å². The number of amides is 1. The number of morpholine rings is 1. The first-order chi connectivity index (χ1) is 27.1. The third kappa shape index (κ3) is 6.96. The van der Waals surface area contributed by atoms with Gasteiger partial charge in [0.1, 0.15) is 18.4 Å². The molecule has 3 N–H and O–H groups in total. The molecule has 6 bridgehead atoms. The zero-order valence-corrected chi connectivity index (χ0v) is 33.5. The van der Waals surface area contributed by atoms with Crippen molar-refractivity contribution in [1.82, 2.24) is 29.9 Å². The maximum Gasteiger partial charge on any atom is 0.324 e. The van der Waals surface area contributed by atoms with Gasteiger partial charge in [-0.2, -0.15) is 0 Å². The molecule has 5 aliphatic heterocycles. The number of nitrogens with one attached hydrogen (secondary N) is 1. The highest BCUT2D eigenvalue weighted by Crippen LogP contribution is 2.47. The van der Waals surface area contributed by atoms with E-state index in [-0.39, 0.29) is 31.0 Å². The van der Waals surface area contributed by atoms with Crippen molar-refractivity contribution < 1.29 is 28.5 Å². The standard InChI is InChI=1S/C41H52N8O6S/c1-24(52-4)36-29(16-26(19-43-36)47-9-8-46-10-12-53-21-27(46)20-47)37-30-18-41(2,3)23-55-40(51)32-6-5-7-49(45-32)39(50)31(42)17-35-44-33(22-56-35)25-14-28(30)38-34(15-25)54-13-11-48(37)38/h14-16,19,22,24,27,31-32,45H,5-13,17-18,20-21,23,42H2,1-4H3/t24-,27-,31-,32-/m0/s1. The molecule has 4 atom stereocenters. The number of carbonyl (C=O) groups is 2. The molecule has 15 heteroatoms. The van der Waals surface area contributed by atoms with Crippen LogP contribution in [-0.4, -0.2) is 121 Å². The maximum atomic E-state index is 13.6. The third-order valence-electron chi connectivity index (χ3n) is 12.1. The largest absolute Gasteiger partial charge is 0.489 e. The van der Waals surface area contributed by atoms with Crippen LogP contribution in [0.25, 0.3) is 33.4 Å². The van der Waals surface area contributed by atoms with Crippen molar-refractivity contribution in [2.75, 3.05) is 71.2 Å². The van der Waals surface area contributed by atoms with Crippen molar-refractivity contribution in [3.63, 3.8) is 0 Å². The van der Waals surface area contributed by atoms with E-state index in [2.05, 4.69) is 51.8 Å². The van der Waals surface area contributed by atoms with Gasteiger partial charge in [0, 0.05) is 73.6 Å². The topological polar surface area (TPSA) is 150 Å². The molecule has 5 aliphatic rings. The second kappa shape index (κ2) is 15.0. The van der Waals surface area contributed by atoms with Gasteiger partial charge in [-0.25, -0.2) is 10.4 Å². The summed E-state index contributed by atoms with van der Waals surface area (Å²) in [7, 11) is 1.73.